The number of nitrogens with one attached hydrogen (secondary N) is 1. The molecule has 7 nitrogen and oxygen atoms in total. The molecule has 1 aromatic carbocycles. The van der Waals surface area contributed by atoms with Crippen molar-refractivity contribution in [3.05, 3.63) is 29.8 Å². The summed E-state index contributed by atoms with van der Waals surface area (Å²) in [6.07, 6.45) is 1.08. The number of carbonyl (C=O) groups excluding carboxylic acids is 3. The van der Waals surface area contributed by atoms with Crippen molar-refractivity contribution in [2.45, 2.75) is 39.2 Å². The lowest BCUT2D eigenvalue weighted by Gasteiger charge is -2.26. The van der Waals surface area contributed by atoms with Gasteiger partial charge in [-0.25, -0.2) is 0 Å². The Hall–Kier alpha value is -2.25. The molecule has 0 aliphatic carbocycles. The van der Waals surface area contributed by atoms with Crippen LogP contribution in [0.4, 0.5) is 5.69 Å². The molecule has 1 N–H and O–H groups in total. The molecule has 7 heteroatoms. The van der Waals surface area contributed by atoms with Gasteiger partial charge in [0.1, 0.15) is 0 Å². The van der Waals surface area contributed by atoms with Crippen LogP contribution in [0.2, 0.25) is 0 Å². The van der Waals surface area contributed by atoms with Crippen LogP contribution in [0.3, 0.4) is 0 Å². The van der Waals surface area contributed by atoms with Crippen molar-refractivity contribution in [2.75, 3.05) is 38.2 Å². The number of hydrogen-bond acceptors (Lipinski definition) is 6. The van der Waals surface area contributed by atoms with Crippen LogP contribution in [0, 0.1) is 0 Å². The van der Waals surface area contributed by atoms with Gasteiger partial charge in [0.05, 0.1) is 13.2 Å². The van der Waals surface area contributed by atoms with Crippen LogP contribution in [0.5, 0.6) is 0 Å². The monoisotopic (exact) mass is 376 g/mol. The number of ketones is 1. The number of anilines is 1. The molecule has 1 aromatic rings. The number of amides is 1. The van der Waals surface area contributed by atoms with Gasteiger partial charge in [-0.05, 0) is 57.5 Å². The minimum atomic E-state index is -0.871. The largest absolute Gasteiger partial charge is 0.453 e. The fourth-order valence-electron chi connectivity index (χ4n) is 2.77. The molecule has 1 fully saturated rings. The SMILES string of the molecule is CC(=O)c1ccc(NC(=O)C(C)OC(=O)CCCCN2CCOCC2)cc1. The lowest BCUT2D eigenvalue weighted by atomic mass is 10.1. The highest BCUT2D eigenvalue weighted by Gasteiger charge is 2.18. The average Bonchev–Trinajstić information content (AvgIpc) is 2.66. The van der Waals surface area contributed by atoms with Gasteiger partial charge in [0.2, 0.25) is 0 Å². The summed E-state index contributed by atoms with van der Waals surface area (Å²) in [5.74, 6) is -0.803. The normalized spacial score (nSPS) is 15.8. The van der Waals surface area contributed by atoms with Gasteiger partial charge < -0.3 is 14.8 Å². The molecule has 1 unspecified atom stereocenters. The van der Waals surface area contributed by atoms with Crippen molar-refractivity contribution >= 4 is 23.3 Å². The van der Waals surface area contributed by atoms with Crippen LogP contribution in [0.1, 0.15) is 43.5 Å². The van der Waals surface area contributed by atoms with E-state index in [1.54, 1.807) is 31.2 Å². The maximum absolute atomic E-state index is 12.1. The number of ether oxygens (including phenoxy) is 2. The first-order valence-corrected chi connectivity index (χ1v) is 9.37. The zero-order valence-corrected chi connectivity index (χ0v) is 16.0. The highest BCUT2D eigenvalue weighted by atomic mass is 16.5. The van der Waals surface area contributed by atoms with Crippen LogP contribution < -0.4 is 5.32 Å². The van der Waals surface area contributed by atoms with Gasteiger partial charge in [0, 0.05) is 30.8 Å². The Morgan fingerprint density at radius 2 is 1.81 bits per heavy atom. The van der Waals surface area contributed by atoms with Crippen LogP contribution in [0.15, 0.2) is 24.3 Å². The second-order valence-electron chi connectivity index (χ2n) is 6.67. The van der Waals surface area contributed by atoms with Gasteiger partial charge in [-0.3, -0.25) is 19.3 Å². The number of morpholine rings is 1. The summed E-state index contributed by atoms with van der Waals surface area (Å²) in [5, 5.41) is 2.68. The Labute approximate surface area is 160 Å². The summed E-state index contributed by atoms with van der Waals surface area (Å²) in [5.41, 5.74) is 1.13. The minimum absolute atomic E-state index is 0.0382. The molecule has 1 aliphatic rings. The summed E-state index contributed by atoms with van der Waals surface area (Å²) in [6, 6.07) is 6.58. The van der Waals surface area contributed by atoms with Crippen LogP contribution in [0.25, 0.3) is 0 Å². The third-order valence-electron chi connectivity index (χ3n) is 4.45. The third-order valence-corrected chi connectivity index (χ3v) is 4.45. The van der Waals surface area contributed by atoms with Crippen molar-refractivity contribution < 1.29 is 23.9 Å². The Kier molecular flexibility index (Phi) is 8.42. The van der Waals surface area contributed by atoms with Gasteiger partial charge in [-0.1, -0.05) is 0 Å². The molecule has 27 heavy (non-hydrogen) atoms. The third kappa shape index (κ3) is 7.48. The number of benzene rings is 1. The quantitative estimate of drug-likeness (QED) is 0.404. The molecular formula is C20H28N2O5. The summed E-state index contributed by atoms with van der Waals surface area (Å²) < 4.78 is 10.5. The number of esters is 1. The topological polar surface area (TPSA) is 84.9 Å². The van der Waals surface area contributed by atoms with Gasteiger partial charge in [0.15, 0.2) is 11.9 Å². The zero-order valence-electron chi connectivity index (χ0n) is 16.0. The summed E-state index contributed by atoms with van der Waals surface area (Å²) in [6.45, 7) is 7.40. The lowest BCUT2D eigenvalue weighted by Crippen LogP contribution is -2.36. The van der Waals surface area contributed by atoms with Gasteiger partial charge in [0.25, 0.3) is 5.91 Å². The molecule has 1 atom stereocenters. The number of unbranched alkanes of at least 4 members (excludes halogenated alkanes) is 1. The van der Waals surface area contributed by atoms with E-state index < -0.39 is 12.0 Å². The van der Waals surface area contributed by atoms with E-state index in [0.29, 0.717) is 17.7 Å². The van der Waals surface area contributed by atoms with E-state index in [2.05, 4.69) is 10.2 Å². The molecular weight excluding hydrogens is 348 g/mol. The van der Waals surface area contributed by atoms with E-state index in [0.717, 1.165) is 45.7 Å². The summed E-state index contributed by atoms with van der Waals surface area (Å²) in [7, 11) is 0. The Bertz CT molecular complexity index is 638. The number of hydrogen-bond donors (Lipinski definition) is 1. The molecule has 0 bridgehead atoms. The Morgan fingerprint density at radius 3 is 2.44 bits per heavy atom. The second kappa shape index (κ2) is 10.8. The standard InChI is InChI=1S/C20H28N2O5/c1-15(23)17-6-8-18(9-7-17)21-20(25)16(2)27-19(24)5-3-4-10-22-11-13-26-14-12-22/h6-9,16H,3-5,10-14H2,1-2H3,(H,21,25). The second-order valence-corrected chi connectivity index (χ2v) is 6.67. The first kappa shape index (κ1) is 21.1. The maximum atomic E-state index is 12.1. The smallest absolute Gasteiger partial charge is 0.306 e. The van der Waals surface area contributed by atoms with Crippen molar-refractivity contribution in [3.8, 4) is 0 Å². The highest BCUT2D eigenvalue weighted by Crippen LogP contribution is 2.11. The summed E-state index contributed by atoms with van der Waals surface area (Å²) in [4.78, 5) is 37.6. The van der Waals surface area contributed by atoms with E-state index in [4.69, 9.17) is 9.47 Å². The van der Waals surface area contributed by atoms with Crippen molar-refractivity contribution in [3.63, 3.8) is 0 Å². The lowest BCUT2D eigenvalue weighted by molar-refractivity contribution is -0.153. The molecule has 0 spiro atoms. The molecule has 0 radical (unpaired) electrons. The Balaban J connectivity index is 1.65. The predicted octanol–water partition coefficient (Wildman–Crippen LogP) is 2.26. The summed E-state index contributed by atoms with van der Waals surface area (Å²) >= 11 is 0. The molecule has 1 aliphatic heterocycles. The zero-order chi connectivity index (χ0) is 19.6. The number of carbonyl (C=O) groups is 3. The first-order valence-electron chi connectivity index (χ1n) is 9.37. The van der Waals surface area contributed by atoms with Crippen molar-refractivity contribution in [1.29, 1.82) is 0 Å². The predicted molar refractivity (Wildman–Crippen MR) is 102 cm³/mol. The van der Waals surface area contributed by atoms with Gasteiger partial charge in [-0.2, -0.15) is 0 Å². The first-order chi connectivity index (χ1) is 13.0. The van der Waals surface area contributed by atoms with Gasteiger partial charge >= 0.3 is 5.97 Å². The number of Topliss-reactive ketones (excluding diaryl/α,β-unsaturated/α-hetero) is 1. The average molecular weight is 376 g/mol. The van der Waals surface area contributed by atoms with E-state index in [-0.39, 0.29) is 11.8 Å². The van der Waals surface area contributed by atoms with E-state index in [1.165, 1.54) is 6.92 Å². The molecule has 2 rings (SSSR count). The van der Waals surface area contributed by atoms with E-state index in [9.17, 15) is 14.4 Å². The van der Waals surface area contributed by atoms with Crippen molar-refractivity contribution in [2.24, 2.45) is 0 Å². The van der Waals surface area contributed by atoms with Crippen molar-refractivity contribution in [1.82, 2.24) is 4.90 Å². The minimum Gasteiger partial charge on any atom is -0.453 e. The number of nitrogens with zero attached hydrogens (tertiary/aromatic N) is 1. The molecule has 1 amide bonds. The molecule has 0 aromatic heterocycles. The van der Waals surface area contributed by atoms with E-state index in [1.807, 2.05) is 0 Å². The van der Waals surface area contributed by atoms with Gasteiger partial charge in [-0.15, -0.1) is 0 Å². The number of rotatable bonds is 9. The van der Waals surface area contributed by atoms with Crippen LogP contribution in [-0.4, -0.2) is 61.5 Å². The fraction of sp³-hybridized carbons (Fsp3) is 0.550. The maximum Gasteiger partial charge on any atom is 0.306 e. The molecule has 148 valence electrons. The van der Waals surface area contributed by atoms with Crippen LogP contribution >= 0.6 is 0 Å². The fourth-order valence-corrected chi connectivity index (χ4v) is 2.77. The van der Waals surface area contributed by atoms with E-state index >= 15 is 0 Å². The Morgan fingerprint density at radius 1 is 1.15 bits per heavy atom. The van der Waals surface area contributed by atoms with Crippen LogP contribution in [-0.2, 0) is 19.1 Å². The molecule has 1 saturated heterocycles. The highest BCUT2D eigenvalue weighted by molar-refractivity contribution is 5.97. The molecule has 1 heterocycles. The molecule has 0 saturated carbocycles.